The number of halogens is 1. The van der Waals surface area contributed by atoms with E-state index in [2.05, 4.69) is 32.6 Å². The summed E-state index contributed by atoms with van der Waals surface area (Å²) in [7, 11) is 0. The van der Waals surface area contributed by atoms with E-state index in [0.717, 1.165) is 6.04 Å². The molecule has 0 aliphatic rings. The Kier molecular flexibility index (Phi) is 12.9. The fourth-order valence-corrected chi connectivity index (χ4v) is 1.35. The van der Waals surface area contributed by atoms with E-state index in [1.54, 1.807) is 0 Å². The molecule has 0 atom stereocenters. The maximum atomic E-state index is 2.59. The highest BCUT2D eigenvalue weighted by atomic mass is 79.9. The van der Waals surface area contributed by atoms with Gasteiger partial charge in [-0.1, -0.05) is 26.7 Å². The molecular formula is C11H26BrN. The molecule has 13 heavy (non-hydrogen) atoms. The first-order chi connectivity index (χ1) is 5.72. The number of unbranched alkanes of at least 4 members (excludes halogenated alkanes) is 2. The van der Waals surface area contributed by atoms with Crippen molar-refractivity contribution in [3.63, 3.8) is 0 Å². The minimum absolute atomic E-state index is 0. The van der Waals surface area contributed by atoms with Crippen LogP contribution in [0.2, 0.25) is 0 Å². The highest BCUT2D eigenvalue weighted by molar-refractivity contribution is 8.93. The second-order valence-corrected chi connectivity index (χ2v) is 3.84. The molecule has 0 rings (SSSR count). The molecule has 0 saturated carbocycles. The zero-order chi connectivity index (χ0) is 9.40. The SMILES string of the molecule is Br.CCCCN(CCCC)C(C)C. The van der Waals surface area contributed by atoms with E-state index in [1.165, 1.54) is 38.8 Å². The van der Waals surface area contributed by atoms with E-state index >= 15 is 0 Å². The molecule has 1 nitrogen and oxygen atoms in total. The summed E-state index contributed by atoms with van der Waals surface area (Å²) in [5.74, 6) is 0. The van der Waals surface area contributed by atoms with Crippen LogP contribution in [0, 0.1) is 0 Å². The first kappa shape index (κ1) is 15.9. The van der Waals surface area contributed by atoms with Gasteiger partial charge in [0.1, 0.15) is 0 Å². The zero-order valence-corrected chi connectivity index (χ0v) is 11.4. The van der Waals surface area contributed by atoms with E-state index in [0.29, 0.717) is 0 Å². The van der Waals surface area contributed by atoms with Crippen molar-refractivity contribution in [1.82, 2.24) is 4.90 Å². The normalized spacial score (nSPS) is 10.6. The fraction of sp³-hybridized carbons (Fsp3) is 1.00. The van der Waals surface area contributed by atoms with Crippen LogP contribution in [0.3, 0.4) is 0 Å². The fourth-order valence-electron chi connectivity index (χ4n) is 1.35. The average molecular weight is 252 g/mol. The van der Waals surface area contributed by atoms with Crippen LogP contribution in [0.5, 0.6) is 0 Å². The molecule has 0 heterocycles. The Labute approximate surface area is 94.7 Å². The van der Waals surface area contributed by atoms with Gasteiger partial charge in [0.25, 0.3) is 0 Å². The monoisotopic (exact) mass is 251 g/mol. The lowest BCUT2D eigenvalue weighted by molar-refractivity contribution is 0.215. The molecule has 0 radical (unpaired) electrons. The maximum Gasteiger partial charge on any atom is 0.00385 e. The summed E-state index contributed by atoms with van der Waals surface area (Å²) in [6.45, 7) is 11.7. The Hall–Kier alpha value is 0.440. The van der Waals surface area contributed by atoms with E-state index < -0.39 is 0 Å². The summed E-state index contributed by atoms with van der Waals surface area (Å²) in [5, 5.41) is 0. The van der Waals surface area contributed by atoms with Gasteiger partial charge in [0, 0.05) is 6.04 Å². The van der Waals surface area contributed by atoms with Gasteiger partial charge in [-0.15, -0.1) is 17.0 Å². The molecule has 0 amide bonds. The summed E-state index contributed by atoms with van der Waals surface area (Å²) in [6, 6.07) is 0.725. The number of rotatable bonds is 7. The summed E-state index contributed by atoms with van der Waals surface area (Å²) in [4.78, 5) is 2.59. The van der Waals surface area contributed by atoms with Crippen LogP contribution < -0.4 is 0 Å². The topological polar surface area (TPSA) is 3.24 Å². The second kappa shape index (κ2) is 10.5. The molecular weight excluding hydrogens is 226 g/mol. The number of nitrogens with zero attached hydrogens (tertiary/aromatic N) is 1. The molecule has 0 spiro atoms. The van der Waals surface area contributed by atoms with E-state index in [4.69, 9.17) is 0 Å². The molecule has 0 aromatic heterocycles. The standard InChI is InChI=1S/C11H25N.BrH/c1-5-7-9-12(11(3)4)10-8-6-2;/h11H,5-10H2,1-4H3;1H. The molecule has 0 fully saturated rings. The van der Waals surface area contributed by atoms with Crippen LogP contribution in [-0.4, -0.2) is 24.0 Å². The van der Waals surface area contributed by atoms with Crippen LogP contribution in [0.1, 0.15) is 53.4 Å². The maximum absolute atomic E-state index is 2.59. The Morgan fingerprint density at radius 3 is 1.54 bits per heavy atom. The molecule has 0 aliphatic carbocycles. The van der Waals surface area contributed by atoms with Crippen LogP contribution in [0.4, 0.5) is 0 Å². The van der Waals surface area contributed by atoms with Crippen molar-refractivity contribution in [1.29, 1.82) is 0 Å². The molecule has 0 unspecified atom stereocenters. The third-order valence-electron chi connectivity index (χ3n) is 2.33. The van der Waals surface area contributed by atoms with Gasteiger partial charge in [-0.2, -0.15) is 0 Å². The van der Waals surface area contributed by atoms with Gasteiger partial charge in [0.15, 0.2) is 0 Å². The van der Waals surface area contributed by atoms with Gasteiger partial charge in [-0.05, 0) is 39.8 Å². The number of hydrogen-bond acceptors (Lipinski definition) is 1. The van der Waals surface area contributed by atoms with Crippen LogP contribution >= 0.6 is 17.0 Å². The minimum atomic E-state index is 0. The van der Waals surface area contributed by atoms with Gasteiger partial charge >= 0.3 is 0 Å². The average Bonchev–Trinajstić information content (AvgIpc) is 2.04. The first-order valence-corrected chi connectivity index (χ1v) is 5.46. The van der Waals surface area contributed by atoms with E-state index in [-0.39, 0.29) is 17.0 Å². The predicted molar refractivity (Wildman–Crippen MR) is 66.8 cm³/mol. The van der Waals surface area contributed by atoms with Crippen LogP contribution in [-0.2, 0) is 0 Å². The quantitative estimate of drug-likeness (QED) is 0.664. The molecule has 0 aromatic carbocycles. The lowest BCUT2D eigenvalue weighted by Gasteiger charge is -2.25. The van der Waals surface area contributed by atoms with Crippen molar-refractivity contribution < 1.29 is 0 Å². The third-order valence-corrected chi connectivity index (χ3v) is 2.33. The molecule has 0 aliphatic heterocycles. The van der Waals surface area contributed by atoms with E-state index in [1.807, 2.05) is 0 Å². The summed E-state index contributed by atoms with van der Waals surface area (Å²) in [5.41, 5.74) is 0. The first-order valence-electron chi connectivity index (χ1n) is 5.46. The number of hydrogen-bond donors (Lipinski definition) is 0. The Morgan fingerprint density at radius 2 is 1.31 bits per heavy atom. The second-order valence-electron chi connectivity index (χ2n) is 3.84. The van der Waals surface area contributed by atoms with Crippen molar-refractivity contribution in [2.24, 2.45) is 0 Å². The van der Waals surface area contributed by atoms with Crippen molar-refractivity contribution in [3.05, 3.63) is 0 Å². The van der Waals surface area contributed by atoms with Gasteiger partial charge in [-0.3, -0.25) is 0 Å². The molecule has 0 aromatic rings. The molecule has 0 saturated heterocycles. The summed E-state index contributed by atoms with van der Waals surface area (Å²) >= 11 is 0. The van der Waals surface area contributed by atoms with Crippen molar-refractivity contribution in [3.8, 4) is 0 Å². The summed E-state index contributed by atoms with van der Waals surface area (Å²) < 4.78 is 0. The Bertz CT molecular complexity index is 86.1. The van der Waals surface area contributed by atoms with Crippen molar-refractivity contribution >= 4 is 17.0 Å². The lowest BCUT2D eigenvalue weighted by Crippen LogP contribution is -2.32. The third kappa shape index (κ3) is 8.76. The molecule has 82 valence electrons. The Balaban J connectivity index is 0. The Morgan fingerprint density at radius 1 is 0.923 bits per heavy atom. The predicted octanol–water partition coefficient (Wildman–Crippen LogP) is 3.87. The van der Waals surface area contributed by atoms with Gasteiger partial charge in [-0.25, -0.2) is 0 Å². The van der Waals surface area contributed by atoms with Crippen LogP contribution in [0.15, 0.2) is 0 Å². The lowest BCUT2D eigenvalue weighted by atomic mass is 10.2. The van der Waals surface area contributed by atoms with Gasteiger partial charge in [0.2, 0.25) is 0 Å². The largest absolute Gasteiger partial charge is 0.301 e. The minimum Gasteiger partial charge on any atom is -0.301 e. The van der Waals surface area contributed by atoms with Crippen LogP contribution in [0.25, 0.3) is 0 Å². The van der Waals surface area contributed by atoms with Gasteiger partial charge in [0.05, 0.1) is 0 Å². The molecule has 0 N–H and O–H groups in total. The van der Waals surface area contributed by atoms with Gasteiger partial charge < -0.3 is 4.90 Å². The zero-order valence-electron chi connectivity index (χ0n) is 9.68. The molecule has 2 heteroatoms. The highest BCUT2D eigenvalue weighted by Crippen LogP contribution is 2.03. The smallest absolute Gasteiger partial charge is 0.00385 e. The highest BCUT2D eigenvalue weighted by Gasteiger charge is 2.06. The van der Waals surface area contributed by atoms with Crippen molar-refractivity contribution in [2.75, 3.05) is 13.1 Å². The summed E-state index contributed by atoms with van der Waals surface area (Å²) in [6.07, 6.45) is 5.33. The van der Waals surface area contributed by atoms with E-state index in [9.17, 15) is 0 Å². The van der Waals surface area contributed by atoms with Crippen molar-refractivity contribution in [2.45, 2.75) is 59.4 Å². The molecule has 0 bridgehead atoms.